The van der Waals surface area contributed by atoms with Crippen LogP contribution in [0.25, 0.3) is 0 Å². The summed E-state index contributed by atoms with van der Waals surface area (Å²) in [6.07, 6.45) is 0. The van der Waals surface area contributed by atoms with E-state index in [1.165, 1.54) is 27.4 Å². The molecule has 8 heteroatoms. The lowest BCUT2D eigenvalue weighted by atomic mass is 10.2. The minimum atomic E-state index is -3.72. The van der Waals surface area contributed by atoms with Gasteiger partial charge in [-0.2, -0.15) is 4.31 Å². The fraction of sp³-hybridized carbons (Fsp3) is 0.462. The van der Waals surface area contributed by atoms with Gasteiger partial charge in [0.25, 0.3) is 5.91 Å². The smallest absolute Gasteiger partial charge is 0.253 e. The normalized spacial score (nSPS) is 16.7. The Balaban J connectivity index is 2.42. The van der Waals surface area contributed by atoms with Crippen molar-refractivity contribution in [2.24, 2.45) is 0 Å². The highest BCUT2D eigenvalue weighted by atomic mass is 35.5. The van der Waals surface area contributed by atoms with E-state index in [0.717, 1.165) is 0 Å². The topological polar surface area (TPSA) is 66.9 Å². The molecule has 1 aliphatic heterocycles. The number of carbonyl (C=O) groups is 1. The number of hydrogen-bond acceptors (Lipinski definition) is 4. The third-order valence-corrected chi connectivity index (χ3v) is 5.55. The van der Waals surface area contributed by atoms with Crippen LogP contribution in [0.5, 0.6) is 0 Å². The number of carbonyl (C=O) groups excluding carboxylic acids is 1. The van der Waals surface area contributed by atoms with Crippen LogP contribution in [-0.4, -0.2) is 63.9 Å². The summed E-state index contributed by atoms with van der Waals surface area (Å²) in [6.45, 7) is 1.27. The number of amides is 1. The van der Waals surface area contributed by atoms with Gasteiger partial charge in [0.2, 0.25) is 10.0 Å². The molecular weight excluding hydrogens is 316 g/mol. The number of halogens is 1. The molecule has 1 aromatic rings. The Morgan fingerprint density at radius 3 is 2.48 bits per heavy atom. The van der Waals surface area contributed by atoms with Crippen LogP contribution in [0, 0.1) is 0 Å². The Kier molecular flexibility index (Phi) is 4.88. The summed E-state index contributed by atoms with van der Waals surface area (Å²) in [5, 5.41) is 0.108. The van der Waals surface area contributed by atoms with Gasteiger partial charge in [-0.25, -0.2) is 8.42 Å². The van der Waals surface area contributed by atoms with Crippen molar-refractivity contribution < 1.29 is 17.9 Å². The first-order valence-electron chi connectivity index (χ1n) is 6.43. The first-order valence-corrected chi connectivity index (χ1v) is 8.25. The minimum Gasteiger partial charge on any atom is -0.379 e. The van der Waals surface area contributed by atoms with Gasteiger partial charge in [-0.1, -0.05) is 11.6 Å². The van der Waals surface area contributed by atoms with E-state index < -0.39 is 10.0 Å². The largest absolute Gasteiger partial charge is 0.379 e. The highest BCUT2D eigenvalue weighted by Gasteiger charge is 2.29. The van der Waals surface area contributed by atoms with Gasteiger partial charge in [0.1, 0.15) is 4.90 Å². The van der Waals surface area contributed by atoms with E-state index >= 15 is 0 Å². The second kappa shape index (κ2) is 6.31. The van der Waals surface area contributed by atoms with Crippen LogP contribution in [0.3, 0.4) is 0 Å². The van der Waals surface area contributed by atoms with Crippen molar-refractivity contribution >= 4 is 27.5 Å². The van der Waals surface area contributed by atoms with Crippen LogP contribution >= 0.6 is 11.6 Å². The minimum absolute atomic E-state index is 0.0428. The molecular formula is C13H17ClN2O4S. The molecule has 1 heterocycles. The van der Waals surface area contributed by atoms with Crippen LogP contribution < -0.4 is 0 Å². The number of ether oxygens (including phenoxy) is 1. The average Bonchev–Trinajstić information content (AvgIpc) is 2.47. The van der Waals surface area contributed by atoms with Gasteiger partial charge >= 0.3 is 0 Å². The SMILES string of the molecule is CN(C)C(=O)c1ccc(Cl)c(S(=O)(=O)N2CCOCC2)c1. The van der Waals surface area contributed by atoms with Gasteiger partial charge in [0, 0.05) is 32.7 Å². The number of benzene rings is 1. The zero-order chi connectivity index (χ0) is 15.6. The van der Waals surface area contributed by atoms with Crippen molar-refractivity contribution in [2.75, 3.05) is 40.4 Å². The molecule has 2 rings (SSSR count). The maximum atomic E-state index is 12.6. The molecule has 0 aliphatic carbocycles. The Morgan fingerprint density at radius 1 is 1.29 bits per heavy atom. The molecule has 21 heavy (non-hydrogen) atoms. The molecule has 1 saturated heterocycles. The third kappa shape index (κ3) is 3.37. The van der Waals surface area contributed by atoms with Crippen LogP contribution in [0.2, 0.25) is 5.02 Å². The summed E-state index contributed by atoms with van der Waals surface area (Å²) in [7, 11) is -0.515. The molecule has 0 radical (unpaired) electrons. The van der Waals surface area contributed by atoms with E-state index in [-0.39, 0.29) is 34.5 Å². The summed E-state index contributed by atoms with van der Waals surface area (Å²) in [5.74, 6) is -0.273. The third-order valence-electron chi connectivity index (χ3n) is 3.17. The second-order valence-electron chi connectivity index (χ2n) is 4.86. The molecule has 1 aromatic carbocycles. The number of hydrogen-bond donors (Lipinski definition) is 0. The Labute approximate surface area is 129 Å². The van der Waals surface area contributed by atoms with Crippen molar-refractivity contribution in [1.82, 2.24) is 9.21 Å². The fourth-order valence-electron chi connectivity index (χ4n) is 2.02. The van der Waals surface area contributed by atoms with Crippen LogP contribution in [-0.2, 0) is 14.8 Å². The quantitative estimate of drug-likeness (QED) is 0.830. The Bertz CT molecular complexity index is 640. The Morgan fingerprint density at radius 2 is 1.90 bits per heavy atom. The second-order valence-corrected chi connectivity index (χ2v) is 7.17. The molecule has 0 unspecified atom stereocenters. The molecule has 1 aliphatic rings. The van der Waals surface area contributed by atoms with Crippen LogP contribution in [0.15, 0.2) is 23.1 Å². The summed E-state index contributed by atoms with van der Waals surface area (Å²) < 4.78 is 31.7. The van der Waals surface area contributed by atoms with E-state index in [4.69, 9.17) is 16.3 Å². The van der Waals surface area contributed by atoms with E-state index in [9.17, 15) is 13.2 Å². The Hall–Kier alpha value is -1.15. The molecule has 0 saturated carbocycles. The molecule has 0 spiro atoms. The standard InChI is InChI=1S/C13H17ClN2O4S/c1-15(2)13(17)10-3-4-11(14)12(9-10)21(18,19)16-5-7-20-8-6-16/h3-4,9H,5-8H2,1-2H3. The van der Waals surface area contributed by atoms with E-state index in [1.54, 1.807) is 14.1 Å². The van der Waals surface area contributed by atoms with Crippen LogP contribution in [0.4, 0.5) is 0 Å². The van der Waals surface area contributed by atoms with E-state index in [0.29, 0.717) is 13.2 Å². The maximum Gasteiger partial charge on any atom is 0.253 e. The molecule has 116 valence electrons. The van der Waals surface area contributed by atoms with Gasteiger partial charge < -0.3 is 9.64 Å². The predicted octanol–water partition coefficient (Wildman–Crippen LogP) is 1.06. The van der Waals surface area contributed by atoms with Gasteiger partial charge in [0.15, 0.2) is 0 Å². The van der Waals surface area contributed by atoms with Crippen molar-refractivity contribution in [3.8, 4) is 0 Å². The van der Waals surface area contributed by atoms with E-state index in [2.05, 4.69) is 0 Å². The molecule has 0 N–H and O–H groups in total. The molecule has 0 atom stereocenters. The summed E-state index contributed by atoms with van der Waals surface area (Å²) >= 11 is 6.02. The zero-order valence-electron chi connectivity index (χ0n) is 11.9. The number of morpholine rings is 1. The predicted molar refractivity (Wildman–Crippen MR) is 79.0 cm³/mol. The molecule has 0 bridgehead atoms. The lowest BCUT2D eigenvalue weighted by molar-refractivity contribution is 0.0730. The van der Waals surface area contributed by atoms with Crippen molar-refractivity contribution in [3.05, 3.63) is 28.8 Å². The number of sulfonamides is 1. The summed E-state index contributed by atoms with van der Waals surface area (Å²) in [6, 6.07) is 4.28. The summed E-state index contributed by atoms with van der Waals surface area (Å²) in [4.78, 5) is 13.3. The zero-order valence-corrected chi connectivity index (χ0v) is 13.4. The molecule has 1 fully saturated rings. The van der Waals surface area contributed by atoms with E-state index in [1.807, 2.05) is 0 Å². The first kappa shape index (κ1) is 16.2. The number of nitrogens with zero attached hydrogens (tertiary/aromatic N) is 2. The number of rotatable bonds is 3. The highest BCUT2D eigenvalue weighted by molar-refractivity contribution is 7.89. The molecule has 1 amide bonds. The van der Waals surface area contributed by atoms with Crippen LogP contribution in [0.1, 0.15) is 10.4 Å². The highest BCUT2D eigenvalue weighted by Crippen LogP contribution is 2.26. The van der Waals surface area contributed by atoms with Gasteiger partial charge in [-0.3, -0.25) is 4.79 Å². The van der Waals surface area contributed by atoms with Gasteiger partial charge in [-0.05, 0) is 18.2 Å². The van der Waals surface area contributed by atoms with Gasteiger partial charge in [-0.15, -0.1) is 0 Å². The summed E-state index contributed by atoms with van der Waals surface area (Å²) in [5.41, 5.74) is 0.288. The van der Waals surface area contributed by atoms with Crippen molar-refractivity contribution in [1.29, 1.82) is 0 Å². The molecule has 6 nitrogen and oxygen atoms in total. The lowest BCUT2D eigenvalue weighted by Gasteiger charge is -2.26. The fourth-order valence-corrected chi connectivity index (χ4v) is 3.93. The van der Waals surface area contributed by atoms with Crippen molar-refractivity contribution in [2.45, 2.75) is 4.90 Å². The van der Waals surface area contributed by atoms with Gasteiger partial charge in [0.05, 0.1) is 18.2 Å². The lowest BCUT2D eigenvalue weighted by Crippen LogP contribution is -2.40. The first-order chi connectivity index (χ1) is 9.84. The van der Waals surface area contributed by atoms with Crippen molar-refractivity contribution in [3.63, 3.8) is 0 Å². The maximum absolute atomic E-state index is 12.6. The monoisotopic (exact) mass is 332 g/mol. The average molecular weight is 333 g/mol. The molecule has 0 aromatic heterocycles.